The molecular weight excluding hydrogens is 801 g/mol. The molecule has 0 aromatic heterocycles. The molecule has 0 aliphatic rings. The van der Waals surface area contributed by atoms with Gasteiger partial charge >= 0.3 is 11.9 Å². The monoisotopic (exact) mass is 903 g/mol. The quantitative estimate of drug-likeness (QED) is 0.0374. The molecule has 5 nitrogen and oxygen atoms in total. The van der Waals surface area contributed by atoms with Crippen LogP contribution in [-0.2, 0) is 19.1 Å². The molecular formula is C60H102O5. The average molecular weight is 903 g/mol. The molecule has 5 heteroatoms. The predicted octanol–water partition coefficient (Wildman–Crippen LogP) is 18.4. The van der Waals surface area contributed by atoms with Crippen molar-refractivity contribution in [2.24, 2.45) is 0 Å². The smallest absolute Gasteiger partial charge is 0.306 e. The fraction of sp³-hybridized carbons (Fsp3) is 0.700. The minimum absolute atomic E-state index is 0.0751. The summed E-state index contributed by atoms with van der Waals surface area (Å²) >= 11 is 0. The Kier molecular flexibility index (Phi) is 52.5. The Labute approximate surface area is 402 Å². The van der Waals surface area contributed by atoms with Crippen LogP contribution in [0.15, 0.2) is 97.2 Å². The van der Waals surface area contributed by atoms with Crippen molar-refractivity contribution in [3.8, 4) is 0 Å². The summed E-state index contributed by atoms with van der Waals surface area (Å²) in [5, 5.41) is 9.63. The Morgan fingerprint density at radius 1 is 0.369 bits per heavy atom. The largest absolute Gasteiger partial charge is 0.462 e. The first kappa shape index (κ1) is 61.8. The van der Waals surface area contributed by atoms with Gasteiger partial charge < -0.3 is 14.6 Å². The van der Waals surface area contributed by atoms with Gasteiger partial charge in [-0.05, 0) is 96.3 Å². The molecule has 372 valence electrons. The van der Waals surface area contributed by atoms with Crippen LogP contribution < -0.4 is 0 Å². The number of carbonyl (C=O) groups is 2. The van der Waals surface area contributed by atoms with Crippen LogP contribution in [0.5, 0.6) is 0 Å². The lowest BCUT2D eigenvalue weighted by molar-refractivity contribution is -0.161. The first-order valence-electron chi connectivity index (χ1n) is 27.3. The molecule has 0 aliphatic carbocycles. The van der Waals surface area contributed by atoms with Crippen LogP contribution in [0.4, 0.5) is 0 Å². The maximum atomic E-state index is 12.3. The van der Waals surface area contributed by atoms with Crippen LogP contribution in [0.3, 0.4) is 0 Å². The fourth-order valence-corrected chi connectivity index (χ4v) is 7.53. The van der Waals surface area contributed by atoms with Crippen molar-refractivity contribution in [3.05, 3.63) is 97.2 Å². The first-order chi connectivity index (χ1) is 32.1. The number of carbonyl (C=O) groups excluding carboxylic acids is 2. The van der Waals surface area contributed by atoms with E-state index in [1.165, 1.54) is 135 Å². The summed E-state index contributed by atoms with van der Waals surface area (Å²) in [6, 6.07) is 0. The van der Waals surface area contributed by atoms with Crippen molar-refractivity contribution in [2.75, 3.05) is 13.2 Å². The lowest BCUT2D eigenvalue weighted by Gasteiger charge is -2.15. The number of hydrogen-bond acceptors (Lipinski definition) is 5. The summed E-state index contributed by atoms with van der Waals surface area (Å²) in [4.78, 5) is 24.4. The summed E-state index contributed by atoms with van der Waals surface area (Å²) in [6.45, 7) is 4.00. The van der Waals surface area contributed by atoms with Gasteiger partial charge in [0.05, 0.1) is 6.61 Å². The zero-order valence-electron chi connectivity index (χ0n) is 42.5. The normalized spacial score (nSPS) is 13.0. The number of unbranched alkanes of at least 4 members (excludes halogenated alkanes) is 25. The van der Waals surface area contributed by atoms with Gasteiger partial charge in [0.2, 0.25) is 0 Å². The van der Waals surface area contributed by atoms with E-state index in [2.05, 4.69) is 111 Å². The van der Waals surface area contributed by atoms with Gasteiger partial charge in [-0.2, -0.15) is 0 Å². The van der Waals surface area contributed by atoms with Crippen LogP contribution >= 0.6 is 0 Å². The molecule has 0 rings (SSSR count). The molecule has 1 atom stereocenters. The van der Waals surface area contributed by atoms with Gasteiger partial charge in [0.15, 0.2) is 6.10 Å². The second-order valence-electron chi connectivity index (χ2n) is 17.9. The van der Waals surface area contributed by atoms with Crippen LogP contribution in [0.1, 0.15) is 251 Å². The highest BCUT2D eigenvalue weighted by molar-refractivity contribution is 5.70. The standard InChI is InChI=1S/C60H102O5/c1-3-5-7-9-11-13-15-17-19-21-22-23-24-25-26-27-28-29-30-31-32-33-34-35-36-37-38-39-41-43-45-47-49-51-53-55-60(63)65-58(56-61)57-64-59(62)54-52-50-48-46-44-42-40-20-18-16-14-12-10-8-6-4-2/h5,7,11,13-14,16-17,19-20,22-23,25-26,28-29,40,58,61H,3-4,6,8-10,12,15,18,21,24,27,30-39,41-57H2,1-2H3/b7-5-,13-11-,16-14-,19-17-,23-22-,26-25-,29-28-,40-20-. The third kappa shape index (κ3) is 53.3. The Morgan fingerprint density at radius 2 is 0.662 bits per heavy atom. The SMILES string of the molecule is CC/C=C\C/C=C\C/C=C\C/C=C\C/C=C\C/C=C\CCCCCCCCCCCCCCCCCCC(=O)OC(CO)COC(=O)CCCCCCC/C=C\C/C=C\CCCCCC. The number of esters is 2. The summed E-state index contributed by atoms with van der Waals surface area (Å²) < 4.78 is 10.7. The van der Waals surface area contributed by atoms with Crippen molar-refractivity contribution >= 4 is 11.9 Å². The minimum Gasteiger partial charge on any atom is -0.462 e. The van der Waals surface area contributed by atoms with Crippen molar-refractivity contribution in [1.29, 1.82) is 0 Å². The van der Waals surface area contributed by atoms with E-state index in [4.69, 9.17) is 9.47 Å². The fourth-order valence-electron chi connectivity index (χ4n) is 7.53. The zero-order chi connectivity index (χ0) is 47.0. The third-order valence-corrected chi connectivity index (χ3v) is 11.6. The maximum absolute atomic E-state index is 12.3. The number of aliphatic hydroxyl groups is 1. The van der Waals surface area contributed by atoms with E-state index >= 15 is 0 Å². The molecule has 0 radical (unpaired) electrons. The molecule has 0 fully saturated rings. The number of rotatable bonds is 49. The van der Waals surface area contributed by atoms with E-state index in [-0.39, 0.29) is 25.2 Å². The van der Waals surface area contributed by atoms with Crippen LogP contribution in [0, 0.1) is 0 Å². The second kappa shape index (κ2) is 55.1. The third-order valence-electron chi connectivity index (χ3n) is 11.6. The average Bonchev–Trinajstić information content (AvgIpc) is 3.31. The molecule has 1 unspecified atom stereocenters. The Hall–Kier alpha value is -3.18. The number of aliphatic hydroxyl groups excluding tert-OH is 1. The van der Waals surface area contributed by atoms with E-state index in [1.807, 2.05) is 0 Å². The predicted molar refractivity (Wildman–Crippen MR) is 283 cm³/mol. The molecule has 0 saturated heterocycles. The highest BCUT2D eigenvalue weighted by atomic mass is 16.6. The molecule has 1 N–H and O–H groups in total. The van der Waals surface area contributed by atoms with Crippen LogP contribution in [-0.4, -0.2) is 36.4 Å². The lowest BCUT2D eigenvalue weighted by Crippen LogP contribution is -2.28. The molecule has 0 bridgehead atoms. The molecule has 0 aliphatic heterocycles. The van der Waals surface area contributed by atoms with E-state index in [1.54, 1.807) is 0 Å². The van der Waals surface area contributed by atoms with Crippen molar-refractivity contribution < 1.29 is 24.2 Å². The molecule has 0 aromatic carbocycles. The van der Waals surface area contributed by atoms with E-state index < -0.39 is 6.10 Å². The Balaban J connectivity index is 3.50. The molecule has 0 aromatic rings. The van der Waals surface area contributed by atoms with E-state index in [0.29, 0.717) is 12.8 Å². The molecule has 65 heavy (non-hydrogen) atoms. The maximum Gasteiger partial charge on any atom is 0.306 e. The Morgan fingerprint density at radius 3 is 1.00 bits per heavy atom. The van der Waals surface area contributed by atoms with E-state index in [9.17, 15) is 14.7 Å². The van der Waals surface area contributed by atoms with Crippen LogP contribution in [0.2, 0.25) is 0 Å². The molecule has 0 heterocycles. The number of hydrogen-bond donors (Lipinski definition) is 1. The molecule has 0 spiro atoms. The van der Waals surface area contributed by atoms with Gasteiger partial charge in [0.25, 0.3) is 0 Å². The van der Waals surface area contributed by atoms with Crippen molar-refractivity contribution in [3.63, 3.8) is 0 Å². The van der Waals surface area contributed by atoms with Gasteiger partial charge in [-0.15, -0.1) is 0 Å². The topological polar surface area (TPSA) is 72.8 Å². The zero-order valence-corrected chi connectivity index (χ0v) is 42.5. The number of ether oxygens (including phenoxy) is 2. The summed E-state index contributed by atoms with van der Waals surface area (Å²) in [5.41, 5.74) is 0. The minimum atomic E-state index is -0.782. The van der Waals surface area contributed by atoms with Crippen molar-refractivity contribution in [1.82, 2.24) is 0 Å². The molecule has 0 amide bonds. The van der Waals surface area contributed by atoms with Crippen LogP contribution in [0.25, 0.3) is 0 Å². The van der Waals surface area contributed by atoms with Gasteiger partial charge in [0.1, 0.15) is 6.61 Å². The highest BCUT2D eigenvalue weighted by Gasteiger charge is 2.16. The van der Waals surface area contributed by atoms with Gasteiger partial charge in [-0.25, -0.2) is 0 Å². The summed E-state index contributed by atoms with van der Waals surface area (Å²) in [7, 11) is 0. The second-order valence-corrected chi connectivity index (χ2v) is 17.9. The molecule has 0 saturated carbocycles. The van der Waals surface area contributed by atoms with Gasteiger partial charge in [-0.3, -0.25) is 9.59 Å². The lowest BCUT2D eigenvalue weighted by atomic mass is 10.0. The summed E-state index contributed by atoms with van der Waals surface area (Å²) in [5.74, 6) is -0.604. The van der Waals surface area contributed by atoms with Gasteiger partial charge in [0, 0.05) is 12.8 Å². The van der Waals surface area contributed by atoms with E-state index in [0.717, 1.165) is 89.9 Å². The summed E-state index contributed by atoms with van der Waals surface area (Å²) in [6.07, 6.45) is 78.0. The van der Waals surface area contributed by atoms with Gasteiger partial charge in [-0.1, -0.05) is 239 Å². The number of allylic oxidation sites excluding steroid dienone is 16. The Bertz CT molecular complexity index is 1250. The highest BCUT2D eigenvalue weighted by Crippen LogP contribution is 2.15. The van der Waals surface area contributed by atoms with Crippen molar-refractivity contribution in [2.45, 2.75) is 258 Å². The first-order valence-corrected chi connectivity index (χ1v) is 27.3.